The molecule has 0 spiro atoms. The van der Waals surface area contributed by atoms with Gasteiger partial charge in [-0.05, 0) is 31.5 Å². The van der Waals surface area contributed by atoms with E-state index in [9.17, 15) is 0 Å². The third kappa shape index (κ3) is 2.04. The summed E-state index contributed by atoms with van der Waals surface area (Å²) in [6.45, 7) is 4.33. The zero-order chi connectivity index (χ0) is 9.10. The molecule has 0 bridgehead atoms. The van der Waals surface area contributed by atoms with E-state index in [4.69, 9.17) is 0 Å². The molecule has 1 aromatic rings. The van der Waals surface area contributed by atoms with E-state index in [1.807, 2.05) is 12.3 Å². The van der Waals surface area contributed by atoms with Gasteiger partial charge in [0.05, 0.1) is 0 Å². The minimum Gasteiger partial charge on any atom is -0.317 e. The van der Waals surface area contributed by atoms with Crippen LogP contribution in [0.4, 0.5) is 0 Å². The second-order valence-electron chi connectivity index (χ2n) is 3.54. The molecule has 0 radical (unpaired) electrons. The van der Waals surface area contributed by atoms with Gasteiger partial charge in [-0.25, -0.2) is 9.97 Å². The number of rotatable bonds is 4. The third-order valence-electron chi connectivity index (χ3n) is 2.56. The summed E-state index contributed by atoms with van der Waals surface area (Å²) in [7, 11) is 0. The van der Waals surface area contributed by atoms with Crippen LogP contribution in [0.2, 0.25) is 0 Å². The van der Waals surface area contributed by atoms with Gasteiger partial charge in [0.25, 0.3) is 0 Å². The molecule has 2 unspecified atom stereocenters. The van der Waals surface area contributed by atoms with E-state index >= 15 is 0 Å². The summed E-state index contributed by atoms with van der Waals surface area (Å²) >= 11 is 0. The Morgan fingerprint density at radius 3 is 3.23 bits per heavy atom. The van der Waals surface area contributed by atoms with Crippen molar-refractivity contribution in [3.63, 3.8) is 0 Å². The summed E-state index contributed by atoms with van der Waals surface area (Å²) in [6.07, 6.45) is 4.74. The summed E-state index contributed by atoms with van der Waals surface area (Å²) in [5.74, 6) is 1.48. The van der Waals surface area contributed by atoms with Crippen LogP contribution in [0.25, 0.3) is 0 Å². The van der Waals surface area contributed by atoms with E-state index in [1.54, 1.807) is 6.33 Å². The maximum absolute atomic E-state index is 4.26. The minimum absolute atomic E-state index is 0.682. The van der Waals surface area contributed by atoms with Crippen molar-refractivity contribution < 1.29 is 0 Å². The molecule has 0 amide bonds. The summed E-state index contributed by atoms with van der Waals surface area (Å²) in [6, 6.07) is 2.02. The summed E-state index contributed by atoms with van der Waals surface area (Å²) in [5.41, 5.74) is 1.21. The lowest BCUT2D eigenvalue weighted by Crippen LogP contribution is -2.16. The van der Waals surface area contributed by atoms with Crippen LogP contribution in [0.15, 0.2) is 18.6 Å². The van der Waals surface area contributed by atoms with Crippen LogP contribution in [0, 0.1) is 5.92 Å². The van der Waals surface area contributed by atoms with E-state index in [-0.39, 0.29) is 0 Å². The first-order valence-corrected chi connectivity index (χ1v) is 4.88. The Labute approximate surface area is 78.6 Å². The lowest BCUT2D eigenvalue weighted by atomic mass is 10.2. The Morgan fingerprint density at radius 2 is 2.54 bits per heavy atom. The minimum atomic E-state index is 0.682. The van der Waals surface area contributed by atoms with Gasteiger partial charge in [0.2, 0.25) is 0 Å². The van der Waals surface area contributed by atoms with Crippen LogP contribution in [0.3, 0.4) is 0 Å². The van der Waals surface area contributed by atoms with Crippen LogP contribution in [0.1, 0.15) is 25.0 Å². The molecular weight excluding hydrogens is 162 g/mol. The fourth-order valence-electron chi connectivity index (χ4n) is 1.69. The molecule has 1 aliphatic rings. The van der Waals surface area contributed by atoms with Gasteiger partial charge >= 0.3 is 0 Å². The standard InChI is InChI=1S/C10H15N3/c1-2-11-6-8-5-9(8)10-3-4-12-7-13-10/h3-4,7-9,11H,2,5-6H2,1H3. The monoisotopic (exact) mass is 177 g/mol. The highest BCUT2D eigenvalue weighted by molar-refractivity contribution is 5.16. The van der Waals surface area contributed by atoms with Gasteiger partial charge in [-0.3, -0.25) is 0 Å². The van der Waals surface area contributed by atoms with Crippen LogP contribution in [-0.4, -0.2) is 23.1 Å². The second kappa shape index (κ2) is 3.83. The third-order valence-corrected chi connectivity index (χ3v) is 2.56. The van der Waals surface area contributed by atoms with Crippen molar-refractivity contribution in [1.29, 1.82) is 0 Å². The molecule has 1 fully saturated rings. The lowest BCUT2D eigenvalue weighted by molar-refractivity contribution is 0.646. The van der Waals surface area contributed by atoms with Gasteiger partial charge in [0, 0.05) is 17.8 Å². The molecule has 1 aromatic heterocycles. The lowest BCUT2D eigenvalue weighted by Gasteiger charge is -1.99. The van der Waals surface area contributed by atoms with Crippen LogP contribution < -0.4 is 5.32 Å². The number of nitrogens with zero attached hydrogens (tertiary/aromatic N) is 2. The highest BCUT2D eigenvalue weighted by Gasteiger charge is 2.38. The summed E-state index contributed by atoms with van der Waals surface area (Å²) < 4.78 is 0. The van der Waals surface area contributed by atoms with Crippen molar-refractivity contribution in [2.45, 2.75) is 19.3 Å². The molecule has 13 heavy (non-hydrogen) atoms. The largest absolute Gasteiger partial charge is 0.317 e. The molecule has 2 atom stereocenters. The normalized spacial score (nSPS) is 25.9. The second-order valence-corrected chi connectivity index (χ2v) is 3.54. The topological polar surface area (TPSA) is 37.8 Å². The van der Waals surface area contributed by atoms with Gasteiger partial charge in [-0.2, -0.15) is 0 Å². The zero-order valence-electron chi connectivity index (χ0n) is 7.90. The Kier molecular flexibility index (Phi) is 2.54. The van der Waals surface area contributed by atoms with Crippen LogP contribution in [0.5, 0.6) is 0 Å². The Morgan fingerprint density at radius 1 is 1.62 bits per heavy atom. The molecule has 1 heterocycles. The Balaban J connectivity index is 1.86. The Bertz CT molecular complexity index is 260. The van der Waals surface area contributed by atoms with Crippen molar-refractivity contribution in [2.75, 3.05) is 13.1 Å². The highest BCUT2D eigenvalue weighted by atomic mass is 14.9. The quantitative estimate of drug-likeness (QED) is 0.750. The number of nitrogens with one attached hydrogen (secondary N) is 1. The Hall–Kier alpha value is -0.960. The highest BCUT2D eigenvalue weighted by Crippen LogP contribution is 2.45. The van der Waals surface area contributed by atoms with Crippen molar-refractivity contribution in [3.8, 4) is 0 Å². The first kappa shape index (κ1) is 8.63. The van der Waals surface area contributed by atoms with Crippen LogP contribution in [-0.2, 0) is 0 Å². The molecular formula is C10H15N3. The smallest absolute Gasteiger partial charge is 0.115 e. The molecule has 3 heteroatoms. The van der Waals surface area contributed by atoms with Crippen LogP contribution >= 0.6 is 0 Å². The van der Waals surface area contributed by atoms with Crippen molar-refractivity contribution >= 4 is 0 Å². The summed E-state index contributed by atoms with van der Waals surface area (Å²) in [5, 5.41) is 3.37. The molecule has 1 aliphatic carbocycles. The molecule has 2 rings (SSSR count). The van der Waals surface area contributed by atoms with Gasteiger partial charge < -0.3 is 5.32 Å². The molecule has 3 nitrogen and oxygen atoms in total. The predicted molar refractivity (Wildman–Crippen MR) is 51.4 cm³/mol. The fraction of sp³-hybridized carbons (Fsp3) is 0.600. The maximum atomic E-state index is 4.26. The predicted octanol–water partition coefficient (Wildman–Crippen LogP) is 1.19. The van der Waals surface area contributed by atoms with Gasteiger partial charge in [0.1, 0.15) is 6.33 Å². The van der Waals surface area contributed by atoms with E-state index in [2.05, 4.69) is 22.2 Å². The zero-order valence-corrected chi connectivity index (χ0v) is 7.90. The molecule has 1 N–H and O–H groups in total. The van der Waals surface area contributed by atoms with Crippen molar-refractivity contribution in [3.05, 3.63) is 24.3 Å². The van der Waals surface area contributed by atoms with E-state index in [1.165, 1.54) is 12.1 Å². The van der Waals surface area contributed by atoms with Crippen molar-refractivity contribution in [1.82, 2.24) is 15.3 Å². The molecule has 70 valence electrons. The molecule has 1 saturated carbocycles. The van der Waals surface area contributed by atoms with Gasteiger partial charge in [-0.15, -0.1) is 0 Å². The SMILES string of the molecule is CCNCC1CC1c1ccncn1. The molecule has 0 aliphatic heterocycles. The number of hydrogen-bond donors (Lipinski definition) is 1. The van der Waals surface area contributed by atoms with E-state index in [0.29, 0.717) is 5.92 Å². The van der Waals surface area contributed by atoms with Gasteiger partial charge in [0.15, 0.2) is 0 Å². The first-order valence-electron chi connectivity index (χ1n) is 4.88. The number of hydrogen-bond acceptors (Lipinski definition) is 3. The molecule has 0 aromatic carbocycles. The maximum Gasteiger partial charge on any atom is 0.115 e. The fourth-order valence-corrected chi connectivity index (χ4v) is 1.69. The van der Waals surface area contributed by atoms with Gasteiger partial charge in [-0.1, -0.05) is 6.92 Å². The molecule has 0 saturated heterocycles. The average Bonchev–Trinajstić information content (AvgIpc) is 2.95. The number of aromatic nitrogens is 2. The first-order chi connectivity index (χ1) is 6.42. The van der Waals surface area contributed by atoms with E-state index in [0.717, 1.165) is 19.0 Å². The van der Waals surface area contributed by atoms with E-state index < -0.39 is 0 Å². The summed E-state index contributed by atoms with van der Waals surface area (Å²) in [4.78, 5) is 8.18. The average molecular weight is 177 g/mol. The van der Waals surface area contributed by atoms with Crippen molar-refractivity contribution in [2.24, 2.45) is 5.92 Å².